The third kappa shape index (κ3) is 2.99. The molecule has 1 amide bonds. The van der Waals surface area contributed by atoms with Crippen LogP contribution in [0.3, 0.4) is 0 Å². The minimum Gasteiger partial charge on any atom is -0.465 e. The molecular formula is C23H15ClN2O6. The van der Waals surface area contributed by atoms with Crippen LogP contribution in [-0.4, -0.2) is 24.1 Å². The molecule has 3 heterocycles. The normalized spacial score (nSPS) is 15.3. The summed E-state index contributed by atoms with van der Waals surface area (Å²) in [4.78, 5) is 40.1. The highest BCUT2D eigenvalue weighted by Gasteiger charge is 2.44. The van der Waals surface area contributed by atoms with Crippen molar-refractivity contribution in [1.29, 1.82) is 0 Å². The highest BCUT2D eigenvalue weighted by atomic mass is 35.5. The zero-order valence-corrected chi connectivity index (χ0v) is 17.7. The van der Waals surface area contributed by atoms with Crippen molar-refractivity contribution in [2.75, 3.05) is 12.0 Å². The number of halogens is 1. The Morgan fingerprint density at radius 1 is 1.12 bits per heavy atom. The number of hydrogen-bond acceptors (Lipinski definition) is 7. The van der Waals surface area contributed by atoms with Crippen molar-refractivity contribution in [3.8, 4) is 0 Å². The van der Waals surface area contributed by atoms with E-state index in [1.807, 2.05) is 0 Å². The van der Waals surface area contributed by atoms with Gasteiger partial charge in [0, 0.05) is 11.1 Å². The van der Waals surface area contributed by atoms with E-state index in [-0.39, 0.29) is 33.5 Å². The highest BCUT2D eigenvalue weighted by Crippen LogP contribution is 2.41. The molecule has 5 rings (SSSR count). The van der Waals surface area contributed by atoms with Crippen molar-refractivity contribution < 1.29 is 23.3 Å². The van der Waals surface area contributed by atoms with E-state index in [0.29, 0.717) is 21.9 Å². The number of aromatic nitrogens is 1. The van der Waals surface area contributed by atoms with E-state index in [0.717, 1.165) is 0 Å². The zero-order valence-electron chi connectivity index (χ0n) is 16.9. The van der Waals surface area contributed by atoms with Crippen LogP contribution in [0.15, 0.2) is 62.3 Å². The van der Waals surface area contributed by atoms with E-state index < -0.39 is 17.9 Å². The maximum atomic E-state index is 13.5. The lowest BCUT2D eigenvalue weighted by Gasteiger charge is -2.22. The Hall–Kier alpha value is -3.91. The van der Waals surface area contributed by atoms with Gasteiger partial charge in [-0.3, -0.25) is 14.5 Å². The maximum Gasteiger partial charge on any atom is 0.337 e. The minimum absolute atomic E-state index is 0.0764. The Kier molecular flexibility index (Phi) is 4.60. The van der Waals surface area contributed by atoms with Crippen LogP contribution in [0.4, 0.5) is 5.82 Å². The first kappa shape index (κ1) is 20.0. The van der Waals surface area contributed by atoms with Crippen molar-refractivity contribution in [3.05, 3.63) is 92.0 Å². The van der Waals surface area contributed by atoms with E-state index in [1.54, 1.807) is 49.4 Å². The lowest BCUT2D eigenvalue weighted by molar-refractivity contribution is 0.0600. The molecule has 0 saturated heterocycles. The third-order valence-electron chi connectivity index (χ3n) is 5.34. The summed E-state index contributed by atoms with van der Waals surface area (Å²) in [5.41, 5.74) is 0.962. The van der Waals surface area contributed by atoms with Crippen molar-refractivity contribution in [1.82, 2.24) is 5.16 Å². The third-order valence-corrected chi connectivity index (χ3v) is 5.58. The smallest absolute Gasteiger partial charge is 0.337 e. The number of methoxy groups -OCH3 is 1. The molecule has 0 fully saturated rings. The van der Waals surface area contributed by atoms with Gasteiger partial charge in [0.15, 0.2) is 11.2 Å². The Morgan fingerprint density at radius 2 is 1.88 bits per heavy atom. The van der Waals surface area contributed by atoms with Crippen LogP contribution < -0.4 is 10.3 Å². The molecule has 32 heavy (non-hydrogen) atoms. The summed E-state index contributed by atoms with van der Waals surface area (Å²) in [6.45, 7) is 1.70. The minimum atomic E-state index is -0.840. The van der Waals surface area contributed by atoms with Gasteiger partial charge >= 0.3 is 5.97 Å². The van der Waals surface area contributed by atoms with Gasteiger partial charge in [0.05, 0.1) is 29.7 Å². The summed E-state index contributed by atoms with van der Waals surface area (Å²) in [5.74, 6) is -0.359. The van der Waals surface area contributed by atoms with Gasteiger partial charge in [-0.05, 0) is 42.8 Å². The Bertz CT molecular complexity index is 1450. The van der Waals surface area contributed by atoms with Gasteiger partial charge in [-0.25, -0.2) is 4.79 Å². The summed E-state index contributed by atoms with van der Waals surface area (Å²) in [5, 5.41) is 4.61. The summed E-state index contributed by atoms with van der Waals surface area (Å²) >= 11 is 6.09. The van der Waals surface area contributed by atoms with E-state index in [4.69, 9.17) is 25.3 Å². The van der Waals surface area contributed by atoms with Gasteiger partial charge < -0.3 is 13.7 Å². The standard InChI is InChI=1S/C23H15ClN2O6/c1-11-9-17(25-32-11)26-19(12-3-5-13(6-4-12)23(29)30-2)18-20(27)15-10-14(24)7-8-16(15)31-21(18)22(26)28/h3-10,19H,1-2H3. The largest absolute Gasteiger partial charge is 0.465 e. The maximum absolute atomic E-state index is 13.5. The number of carbonyl (C=O) groups excluding carboxylic acids is 2. The van der Waals surface area contributed by atoms with Crippen molar-refractivity contribution in [3.63, 3.8) is 0 Å². The number of fused-ring (bicyclic) bond motifs is 2. The van der Waals surface area contributed by atoms with Gasteiger partial charge in [-0.2, -0.15) is 0 Å². The molecule has 1 aliphatic heterocycles. The first-order valence-corrected chi connectivity index (χ1v) is 9.98. The van der Waals surface area contributed by atoms with Crippen LogP contribution in [0.25, 0.3) is 11.0 Å². The molecule has 1 unspecified atom stereocenters. The molecular weight excluding hydrogens is 436 g/mol. The molecule has 4 aromatic rings. The van der Waals surface area contributed by atoms with E-state index in [1.165, 1.54) is 18.1 Å². The second kappa shape index (κ2) is 7.35. The number of ether oxygens (including phenoxy) is 1. The number of anilines is 1. The van der Waals surface area contributed by atoms with Gasteiger partial charge in [0.1, 0.15) is 11.3 Å². The summed E-state index contributed by atoms with van der Waals surface area (Å²) in [6, 6.07) is 11.8. The number of carbonyl (C=O) groups is 2. The fourth-order valence-corrected chi connectivity index (χ4v) is 4.06. The van der Waals surface area contributed by atoms with Crippen LogP contribution in [0, 0.1) is 6.92 Å². The molecule has 160 valence electrons. The van der Waals surface area contributed by atoms with Crippen LogP contribution in [0.5, 0.6) is 0 Å². The van der Waals surface area contributed by atoms with Crippen LogP contribution in [0.2, 0.25) is 5.02 Å². The van der Waals surface area contributed by atoms with Gasteiger partial charge in [-0.15, -0.1) is 0 Å². The number of benzene rings is 2. The first-order valence-electron chi connectivity index (χ1n) is 9.60. The molecule has 0 aliphatic carbocycles. The number of nitrogens with zero attached hydrogens (tertiary/aromatic N) is 2. The van der Waals surface area contributed by atoms with Crippen molar-refractivity contribution in [2.45, 2.75) is 13.0 Å². The summed E-state index contributed by atoms with van der Waals surface area (Å²) < 4.78 is 15.8. The molecule has 2 aromatic carbocycles. The van der Waals surface area contributed by atoms with Gasteiger partial charge in [0.25, 0.3) is 5.91 Å². The van der Waals surface area contributed by atoms with Gasteiger partial charge in [-0.1, -0.05) is 28.9 Å². The molecule has 0 N–H and O–H groups in total. The fourth-order valence-electron chi connectivity index (χ4n) is 3.88. The molecule has 1 atom stereocenters. The molecule has 8 nitrogen and oxygen atoms in total. The number of esters is 1. The monoisotopic (exact) mass is 450 g/mol. The number of hydrogen-bond donors (Lipinski definition) is 0. The van der Waals surface area contributed by atoms with Crippen molar-refractivity contribution >= 4 is 40.3 Å². The molecule has 0 saturated carbocycles. The molecule has 0 radical (unpaired) electrons. The molecule has 9 heteroatoms. The average molecular weight is 451 g/mol. The predicted molar refractivity (Wildman–Crippen MR) is 115 cm³/mol. The van der Waals surface area contributed by atoms with Crippen LogP contribution >= 0.6 is 11.6 Å². The molecule has 1 aliphatic rings. The van der Waals surface area contributed by atoms with Crippen molar-refractivity contribution in [2.24, 2.45) is 0 Å². The number of amides is 1. The molecule has 0 bridgehead atoms. The second-order valence-corrected chi connectivity index (χ2v) is 7.74. The Labute approximate surface area is 185 Å². The predicted octanol–water partition coefficient (Wildman–Crippen LogP) is 4.28. The van der Waals surface area contributed by atoms with E-state index in [9.17, 15) is 14.4 Å². The molecule has 2 aromatic heterocycles. The van der Waals surface area contributed by atoms with Crippen LogP contribution in [-0.2, 0) is 4.74 Å². The zero-order chi connectivity index (χ0) is 22.6. The van der Waals surface area contributed by atoms with Crippen LogP contribution in [0.1, 0.15) is 43.8 Å². The number of aryl methyl sites for hydroxylation is 1. The number of rotatable bonds is 3. The Balaban J connectivity index is 1.76. The van der Waals surface area contributed by atoms with E-state index >= 15 is 0 Å². The highest BCUT2D eigenvalue weighted by molar-refractivity contribution is 6.31. The quantitative estimate of drug-likeness (QED) is 0.429. The lowest BCUT2D eigenvalue weighted by atomic mass is 9.97. The topological polar surface area (TPSA) is 103 Å². The Morgan fingerprint density at radius 3 is 2.53 bits per heavy atom. The summed E-state index contributed by atoms with van der Waals surface area (Å²) in [6.07, 6.45) is 0. The summed E-state index contributed by atoms with van der Waals surface area (Å²) in [7, 11) is 1.29. The molecule has 0 spiro atoms. The second-order valence-electron chi connectivity index (χ2n) is 7.30. The van der Waals surface area contributed by atoms with Gasteiger partial charge in [0.2, 0.25) is 5.76 Å². The first-order chi connectivity index (χ1) is 15.4. The SMILES string of the molecule is COC(=O)c1ccc(C2c3c(oc4ccc(Cl)cc4c3=O)C(=O)N2c2cc(C)on2)cc1. The fraction of sp³-hybridized carbons (Fsp3) is 0.130. The average Bonchev–Trinajstić information content (AvgIpc) is 3.35. The lowest BCUT2D eigenvalue weighted by Crippen LogP contribution is -2.29. The van der Waals surface area contributed by atoms with E-state index in [2.05, 4.69) is 5.16 Å².